The number of rotatable bonds is 4. The Morgan fingerprint density at radius 2 is 1.92 bits per heavy atom. The molecule has 0 spiro atoms. The highest BCUT2D eigenvalue weighted by Crippen LogP contribution is 2.20. The third-order valence-corrected chi connectivity index (χ3v) is 4.54. The fourth-order valence-corrected chi connectivity index (χ4v) is 2.97. The zero-order chi connectivity index (χ0) is 17.6. The number of anilines is 1. The van der Waals surface area contributed by atoms with Crippen molar-refractivity contribution >= 4 is 23.2 Å². The topological polar surface area (TPSA) is 67.0 Å². The maximum absolute atomic E-state index is 6.17. The van der Waals surface area contributed by atoms with Crippen molar-refractivity contribution in [2.24, 2.45) is 10.7 Å². The molecule has 0 radical (unpaired) electrons. The third-order valence-electron chi connectivity index (χ3n) is 4.29. The number of methoxy groups -OCH3 is 1. The van der Waals surface area contributed by atoms with Gasteiger partial charge in [0.1, 0.15) is 5.75 Å². The number of aromatic nitrogens is 1. The molecule has 0 saturated carbocycles. The molecule has 1 aromatic carbocycles. The number of nitrogens with zero attached hydrogens (tertiary/aromatic N) is 4. The van der Waals surface area contributed by atoms with E-state index in [2.05, 4.69) is 19.8 Å². The van der Waals surface area contributed by atoms with E-state index in [1.54, 1.807) is 19.5 Å². The standard InChI is InChI=1S/C18H22ClN5O/c1-25-17-6-7-21-12-14(17)13-22-18(20)24-10-8-23(9-11-24)16-4-2-15(19)3-5-16/h2-7,12H,8-11,13H2,1H3,(H2,20,22). The van der Waals surface area contributed by atoms with Crippen molar-refractivity contribution in [3.63, 3.8) is 0 Å². The van der Waals surface area contributed by atoms with Crippen LogP contribution in [0.1, 0.15) is 5.56 Å². The fourth-order valence-electron chi connectivity index (χ4n) is 2.84. The Kier molecular flexibility index (Phi) is 5.60. The molecule has 2 N–H and O–H groups in total. The first-order valence-corrected chi connectivity index (χ1v) is 8.57. The average Bonchev–Trinajstić information content (AvgIpc) is 2.67. The first kappa shape index (κ1) is 17.4. The lowest BCUT2D eigenvalue weighted by Crippen LogP contribution is -2.51. The third kappa shape index (κ3) is 4.33. The summed E-state index contributed by atoms with van der Waals surface area (Å²) in [6.45, 7) is 3.92. The SMILES string of the molecule is COc1ccncc1CN=C(N)N1CCN(c2ccc(Cl)cc2)CC1. The largest absolute Gasteiger partial charge is 0.496 e. The molecule has 1 aromatic heterocycles. The summed E-state index contributed by atoms with van der Waals surface area (Å²) in [6, 6.07) is 9.75. The molecule has 2 heterocycles. The van der Waals surface area contributed by atoms with E-state index in [1.165, 1.54) is 5.69 Å². The van der Waals surface area contributed by atoms with Crippen LogP contribution in [0.3, 0.4) is 0 Å². The molecule has 7 heteroatoms. The van der Waals surface area contributed by atoms with Gasteiger partial charge in [0, 0.05) is 54.8 Å². The van der Waals surface area contributed by atoms with Gasteiger partial charge in [-0.2, -0.15) is 0 Å². The van der Waals surface area contributed by atoms with Gasteiger partial charge in [-0.3, -0.25) is 4.98 Å². The van der Waals surface area contributed by atoms with Crippen molar-refractivity contribution in [1.29, 1.82) is 0 Å². The van der Waals surface area contributed by atoms with Crippen LogP contribution in [0.2, 0.25) is 5.02 Å². The van der Waals surface area contributed by atoms with Crippen LogP contribution < -0.4 is 15.4 Å². The number of pyridine rings is 1. The van der Waals surface area contributed by atoms with Gasteiger partial charge < -0.3 is 20.3 Å². The highest BCUT2D eigenvalue weighted by molar-refractivity contribution is 6.30. The lowest BCUT2D eigenvalue weighted by Gasteiger charge is -2.36. The van der Waals surface area contributed by atoms with Crippen LogP contribution in [-0.2, 0) is 6.54 Å². The highest BCUT2D eigenvalue weighted by Gasteiger charge is 2.18. The van der Waals surface area contributed by atoms with E-state index in [4.69, 9.17) is 22.1 Å². The number of aliphatic imine (C=N–C) groups is 1. The summed E-state index contributed by atoms with van der Waals surface area (Å²) in [6.07, 6.45) is 3.46. The molecule has 1 fully saturated rings. The van der Waals surface area contributed by atoms with E-state index in [1.807, 2.05) is 30.3 Å². The van der Waals surface area contributed by atoms with E-state index < -0.39 is 0 Å². The second-order valence-electron chi connectivity index (χ2n) is 5.81. The van der Waals surface area contributed by atoms with Crippen molar-refractivity contribution in [2.45, 2.75) is 6.54 Å². The Balaban J connectivity index is 1.57. The number of halogens is 1. The van der Waals surface area contributed by atoms with E-state index in [9.17, 15) is 0 Å². The minimum Gasteiger partial charge on any atom is -0.496 e. The molecule has 6 nitrogen and oxygen atoms in total. The molecule has 0 amide bonds. The van der Waals surface area contributed by atoms with Crippen LogP contribution in [0.4, 0.5) is 5.69 Å². The van der Waals surface area contributed by atoms with Gasteiger partial charge in [-0.15, -0.1) is 0 Å². The summed E-state index contributed by atoms with van der Waals surface area (Å²) in [5, 5.41) is 0.754. The molecule has 0 unspecified atom stereocenters. The minimum atomic E-state index is 0.459. The zero-order valence-corrected chi connectivity index (χ0v) is 15.0. The number of hydrogen-bond donors (Lipinski definition) is 1. The molecule has 1 aliphatic heterocycles. The van der Waals surface area contributed by atoms with E-state index in [0.29, 0.717) is 12.5 Å². The van der Waals surface area contributed by atoms with Crippen molar-refractivity contribution < 1.29 is 4.74 Å². The molecule has 2 aromatic rings. The molecule has 25 heavy (non-hydrogen) atoms. The van der Waals surface area contributed by atoms with Crippen LogP contribution in [0.25, 0.3) is 0 Å². The van der Waals surface area contributed by atoms with Crippen LogP contribution >= 0.6 is 11.6 Å². The summed E-state index contributed by atoms with van der Waals surface area (Å²) in [4.78, 5) is 13.0. The monoisotopic (exact) mass is 359 g/mol. The molecule has 0 atom stereocenters. The molecule has 0 aliphatic carbocycles. The number of guanidine groups is 1. The smallest absolute Gasteiger partial charge is 0.191 e. The number of benzene rings is 1. The summed E-state index contributed by atoms with van der Waals surface area (Å²) in [7, 11) is 1.64. The predicted molar refractivity (Wildman–Crippen MR) is 101 cm³/mol. The first-order chi connectivity index (χ1) is 12.2. The summed E-state index contributed by atoms with van der Waals surface area (Å²) >= 11 is 5.95. The molecule has 0 bridgehead atoms. The first-order valence-electron chi connectivity index (χ1n) is 8.19. The lowest BCUT2D eigenvalue weighted by molar-refractivity contribution is 0.380. The van der Waals surface area contributed by atoms with Crippen molar-refractivity contribution in [2.75, 3.05) is 38.2 Å². The quantitative estimate of drug-likeness (QED) is 0.670. The maximum atomic E-state index is 6.17. The minimum absolute atomic E-state index is 0.459. The van der Waals surface area contributed by atoms with E-state index in [0.717, 1.165) is 42.5 Å². The van der Waals surface area contributed by atoms with Crippen LogP contribution in [-0.4, -0.2) is 49.1 Å². The van der Waals surface area contributed by atoms with Gasteiger partial charge in [-0.05, 0) is 30.3 Å². The van der Waals surface area contributed by atoms with E-state index >= 15 is 0 Å². The van der Waals surface area contributed by atoms with Gasteiger partial charge in [0.05, 0.1) is 13.7 Å². The summed E-state index contributed by atoms with van der Waals surface area (Å²) in [5.74, 6) is 1.33. The Morgan fingerprint density at radius 1 is 1.20 bits per heavy atom. The number of hydrogen-bond acceptors (Lipinski definition) is 4. The van der Waals surface area contributed by atoms with Crippen LogP contribution in [0.15, 0.2) is 47.7 Å². The maximum Gasteiger partial charge on any atom is 0.191 e. The lowest BCUT2D eigenvalue weighted by atomic mass is 10.2. The van der Waals surface area contributed by atoms with E-state index in [-0.39, 0.29) is 0 Å². The normalized spacial score (nSPS) is 15.4. The Bertz CT molecular complexity index is 727. The Hall–Kier alpha value is -2.47. The Morgan fingerprint density at radius 3 is 2.60 bits per heavy atom. The van der Waals surface area contributed by atoms with Crippen molar-refractivity contribution in [1.82, 2.24) is 9.88 Å². The van der Waals surface area contributed by atoms with Gasteiger partial charge in [0.25, 0.3) is 0 Å². The van der Waals surface area contributed by atoms with Gasteiger partial charge >= 0.3 is 0 Å². The van der Waals surface area contributed by atoms with Crippen LogP contribution in [0.5, 0.6) is 5.75 Å². The van der Waals surface area contributed by atoms with Gasteiger partial charge in [-0.1, -0.05) is 11.6 Å². The van der Waals surface area contributed by atoms with Crippen LogP contribution in [0, 0.1) is 0 Å². The summed E-state index contributed by atoms with van der Waals surface area (Å²) < 4.78 is 5.31. The van der Waals surface area contributed by atoms with Gasteiger partial charge in [-0.25, -0.2) is 4.99 Å². The number of ether oxygens (including phenoxy) is 1. The van der Waals surface area contributed by atoms with Crippen molar-refractivity contribution in [3.8, 4) is 5.75 Å². The summed E-state index contributed by atoms with van der Waals surface area (Å²) in [5.41, 5.74) is 8.27. The predicted octanol–water partition coefficient (Wildman–Crippen LogP) is 2.38. The molecule has 3 rings (SSSR count). The second kappa shape index (κ2) is 8.07. The highest BCUT2D eigenvalue weighted by atomic mass is 35.5. The molecular weight excluding hydrogens is 338 g/mol. The van der Waals surface area contributed by atoms with Crippen molar-refractivity contribution in [3.05, 3.63) is 53.3 Å². The molecule has 1 aliphatic rings. The second-order valence-corrected chi connectivity index (χ2v) is 6.25. The molecular formula is C18H22ClN5O. The molecule has 132 valence electrons. The zero-order valence-electron chi connectivity index (χ0n) is 14.2. The van der Waals surface area contributed by atoms with Gasteiger partial charge in [0.2, 0.25) is 0 Å². The number of nitrogens with two attached hydrogens (primary N) is 1. The molecule has 1 saturated heterocycles. The fraction of sp³-hybridized carbons (Fsp3) is 0.333. The Labute approximate surface area is 152 Å². The number of piperazine rings is 1. The van der Waals surface area contributed by atoms with Gasteiger partial charge in [0.15, 0.2) is 5.96 Å². The average molecular weight is 360 g/mol.